The topological polar surface area (TPSA) is 114 Å². The molecular weight excluding hydrogens is 334 g/mol. The number of nitrogens with two attached hydrogens (primary N) is 1. The zero-order chi connectivity index (χ0) is 18.9. The van der Waals surface area contributed by atoms with Gasteiger partial charge in [-0.2, -0.15) is 0 Å². The number of anilines is 1. The van der Waals surface area contributed by atoms with Gasteiger partial charge in [-0.15, -0.1) is 0 Å². The van der Waals surface area contributed by atoms with Gasteiger partial charge >= 0.3 is 0 Å². The van der Waals surface area contributed by atoms with E-state index in [0.717, 1.165) is 11.1 Å². The highest BCUT2D eigenvalue weighted by Gasteiger charge is 2.03. The number of amides is 2. The summed E-state index contributed by atoms with van der Waals surface area (Å²) in [4.78, 5) is 23.1. The number of benzene rings is 2. The Kier molecular flexibility index (Phi) is 6.75. The van der Waals surface area contributed by atoms with Crippen molar-refractivity contribution in [1.82, 2.24) is 5.43 Å². The number of carbonyl (C=O) groups excluding carboxylic acids is 2. The fraction of sp³-hybridized carbons (Fsp3) is 0.158. The number of hydrazine groups is 1. The summed E-state index contributed by atoms with van der Waals surface area (Å²) in [5.41, 5.74) is 4.43. The summed E-state index contributed by atoms with van der Waals surface area (Å²) in [6, 6.07) is 12.0. The molecule has 0 atom stereocenters. The van der Waals surface area contributed by atoms with Crippen molar-refractivity contribution in [2.45, 2.75) is 12.8 Å². The second kappa shape index (κ2) is 9.24. The van der Waals surface area contributed by atoms with Crippen LogP contribution in [0.5, 0.6) is 11.5 Å². The number of phenolic OH excluding ortho intramolecular Hbond substituents is 1. The quantitative estimate of drug-likeness (QED) is 0.262. The fourth-order valence-corrected chi connectivity index (χ4v) is 2.24. The summed E-state index contributed by atoms with van der Waals surface area (Å²) >= 11 is 0. The number of aryl methyl sites for hydroxylation is 1. The third kappa shape index (κ3) is 5.64. The van der Waals surface area contributed by atoms with Gasteiger partial charge in [0.1, 0.15) is 0 Å². The SMILES string of the molecule is COc1cc(/C=C/C(=O)Nc2ccc(CCC(=O)NN)cc2)ccc1O. The molecule has 136 valence electrons. The zero-order valence-electron chi connectivity index (χ0n) is 14.4. The first kappa shape index (κ1) is 19.0. The molecule has 0 aliphatic carbocycles. The molecule has 5 N–H and O–H groups in total. The molecule has 2 rings (SSSR count). The molecule has 0 aliphatic rings. The van der Waals surface area contributed by atoms with Crippen LogP contribution in [-0.4, -0.2) is 24.0 Å². The van der Waals surface area contributed by atoms with Crippen LogP contribution >= 0.6 is 0 Å². The Bertz CT molecular complexity index is 801. The van der Waals surface area contributed by atoms with Crippen LogP contribution in [0.1, 0.15) is 17.5 Å². The third-order valence-electron chi connectivity index (χ3n) is 3.65. The van der Waals surface area contributed by atoms with Crippen LogP contribution in [0.4, 0.5) is 5.69 Å². The molecule has 0 radical (unpaired) electrons. The summed E-state index contributed by atoms with van der Waals surface area (Å²) in [6.07, 6.45) is 3.89. The monoisotopic (exact) mass is 355 g/mol. The van der Waals surface area contributed by atoms with Crippen LogP contribution < -0.4 is 21.3 Å². The normalized spacial score (nSPS) is 10.5. The number of ether oxygens (including phenoxy) is 1. The van der Waals surface area contributed by atoms with Crippen LogP contribution in [0.15, 0.2) is 48.5 Å². The lowest BCUT2D eigenvalue weighted by Crippen LogP contribution is -2.30. The van der Waals surface area contributed by atoms with E-state index in [0.29, 0.717) is 24.3 Å². The highest BCUT2D eigenvalue weighted by Crippen LogP contribution is 2.26. The van der Waals surface area contributed by atoms with E-state index in [9.17, 15) is 14.7 Å². The minimum absolute atomic E-state index is 0.0399. The summed E-state index contributed by atoms with van der Waals surface area (Å²) in [5.74, 6) is 4.91. The number of nitrogens with one attached hydrogen (secondary N) is 2. The van der Waals surface area contributed by atoms with Crippen molar-refractivity contribution in [1.29, 1.82) is 0 Å². The third-order valence-corrected chi connectivity index (χ3v) is 3.65. The highest BCUT2D eigenvalue weighted by molar-refractivity contribution is 6.01. The van der Waals surface area contributed by atoms with Crippen molar-refractivity contribution in [2.24, 2.45) is 5.84 Å². The van der Waals surface area contributed by atoms with E-state index in [1.54, 1.807) is 30.3 Å². The van der Waals surface area contributed by atoms with Crippen LogP contribution in [-0.2, 0) is 16.0 Å². The first-order valence-corrected chi connectivity index (χ1v) is 7.96. The van der Waals surface area contributed by atoms with E-state index in [-0.39, 0.29) is 17.6 Å². The summed E-state index contributed by atoms with van der Waals surface area (Å²) in [5, 5.41) is 12.3. The summed E-state index contributed by atoms with van der Waals surface area (Å²) in [7, 11) is 1.46. The van der Waals surface area contributed by atoms with E-state index < -0.39 is 0 Å². The number of hydrogen-bond acceptors (Lipinski definition) is 5. The van der Waals surface area contributed by atoms with Crippen LogP contribution in [0.2, 0.25) is 0 Å². The lowest BCUT2D eigenvalue weighted by Gasteiger charge is -2.05. The molecule has 0 unspecified atom stereocenters. The van der Waals surface area contributed by atoms with E-state index in [4.69, 9.17) is 10.6 Å². The Morgan fingerprint density at radius 3 is 2.58 bits per heavy atom. The van der Waals surface area contributed by atoms with Gasteiger partial charge in [-0.3, -0.25) is 15.0 Å². The van der Waals surface area contributed by atoms with Gasteiger partial charge in [0.25, 0.3) is 0 Å². The number of rotatable bonds is 7. The van der Waals surface area contributed by atoms with Gasteiger partial charge in [0.15, 0.2) is 11.5 Å². The Balaban J connectivity index is 1.92. The molecule has 0 saturated carbocycles. The van der Waals surface area contributed by atoms with Crippen molar-refractivity contribution in [3.63, 3.8) is 0 Å². The minimum Gasteiger partial charge on any atom is -0.504 e. The average Bonchev–Trinajstić information content (AvgIpc) is 2.66. The molecule has 2 aromatic carbocycles. The number of phenols is 1. The van der Waals surface area contributed by atoms with Gasteiger partial charge in [-0.05, 0) is 47.9 Å². The predicted molar refractivity (Wildman–Crippen MR) is 99.4 cm³/mol. The second-order valence-corrected chi connectivity index (χ2v) is 5.52. The predicted octanol–water partition coefficient (Wildman–Crippen LogP) is 1.98. The van der Waals surface area contributed by atoms with Gasteiger partial charge in [-0.25, -0.2) is 5.84 Å². The maximum absolute atomic E-state index is 12.0. The van der Waals surface area contributed by atoms with E-state index in [1.165, 1.54) is 19.3 Å². The number of hydrogen-bond donors (Lipinski definition) is 4. The minimum atomic E-state index is -0.285. The van der Waals surface area contributed by atoms with Gasteiger partial charge in [0.2, 0.25) is 11.8 Å². The number of aromatic hydroxyl groups is 1. The Labute approximate surface area is 151 Å². The summed E-state index contributed by atoms with van der Waals surface area (Å²) < 4.78 is 5.02. The molecule has 0 saturated heterocycles. The van der Waals surface area contributed by atoms with Crippen molar-refractivity contribution in [3.05, 3.63) is 59.7 Å². The van der Waals surface area contributed by atoms with Crippen LogP contribution in [0, 0.1) is 0 Å². The molecule has 0 fully saturated rings. The van der Waals surface area contributed by atoms with Gasteiger partial charge in [-0.1, -0.05) is 18.2 Å². The molecular formula is C19H21N3O4. The second-order valence-electron chi connectivity index (χ2n) is 5.52. The molecule has 0 aromatic heterocycles. The van der Waals surface area contributed by atoms with E-state index >= 15 is 0 Å². The molecule has 0 aliphatic heterocycles. The smallest absolute Gasteiger partial charge is 0.248 e. The van der Waals surface area contributed by atoms with Gasteiger partial charge in [0, 0.05) is 18.2 Å². The first-order valence-electron chi connectivity index (χ1n) is 7.96. The molecule has 26 heavy (non-hydrogen) atoms. The van der Waals surface area contributed by atoms with Gasteiger partial charge in [0.05, 0.1) is 7.11 Å². The lowest BCUT2D eigenvalue weighted by atomic mass is 10.1. The summed E-state index contributed by atoms with van der Waals surface area (Å²) in [6.45, 7) is 0. The first-order chi connectivity index (χ1) is 12.5. The van der Waals surface area contributed by atoms with Gasteiger partial charge < -0.3 is 15.2 Å². The lowest BCUT2D eigenvalue weighted by molar-refractivity contribution is -0.121. The average molecular weight is 355 g/mol. The maximum Gasteiger partial charge on any atom is 0.248 e. The van der Waals surface area contributed by atoms with E-state index in [2.05, 4.69) is 10.7 Å². The van der Waals surface area contributed by atoms with Crippen LogP contribution in [0.25, 0.3) is 6.08 Å². The number of carbonyl (C=O) groups is 2. The molecule has 2 amide bonds. The zero-order valence-corrected chi connectivity index (χ0v) is 14.4. The Morgan fingerprint density at radius 1 is 1.19 bits per heavy atom. The Hall–Kier alpha value is -3.32. The molecule has 7 heteroatoms. The molecule has 7 nitrogen and oxygen atoms in total. The maximum atomic E-state index is 12.0. The van der Waals surface area contributed by atoms with E-state index in [1.807, 2.05) is 12.1 Å². The highest BCUT2D eigenvalue weighted by atomic mass is 16.5. The molecule has 0 bridgehead atoms. The number of methoxy groups -OCH3 is 1. The standard InChI is InChI=1S/C19H21N3O4/c1-26-17-12-14(4-9-16(17)23)6-10-18(24)21-15-7-2-13(3-8-15)5-11-19(25)22-20/h2-4,6-10,12,23H,5,11,20H2,1H3,(H,21,24)(H,22,25)/b10-6+. The largest absolute Gasteiger partial charge is 0.504 e. The molecule has 2 aromatic rings. The van der Waals surface area contributed by atoms with Crippen LogP contribution in [0.3, 0.4) is 0 Å². The fourth-order valence-electron chi connectivity index (χ4n) is 2.24. The molecule has 0 heterocycles. The van der Waals surface area contributed by atoms with Crippen molar-refractivity contribution >= 4 is 23.6 Å². The molecule has 0 spiro atoms. The van der Waals surface area contributed by atoms with Crippen molar-refractivity contribution in [2.75, 3.05) is 12.4 Å². The van der Waals surface area contributed by atoms with Crippen molar-refractivity contribution in [3.8, 4) is 11.5 Å². The Morgan fingerprint density at radius 2 is 1.92 bits per heavy atom. The van der Waals surface area contributed by atoms with Crippen molar-refractivity contribution < 1.29 is 19.4 Å².